The summed E-state index contributed by atoms with van der Waals surface area (Å²) in [5.41, 5.74) is 0. The number of hydrogen-bond donors (Lipinski definition) is 0. The Morgan fingerprint density at radius 3 is 0.760 bits per heavy atom. The third kappa shape index (κ3) is 60.8. The van der Waals surface area contributed by atoms with E-state index >= 15 is 0 Å². The molecule has 0 unspecified atom stereocenters. The van der Waals surface area contributed by atoms with E-state index in [2.05, 4.69) is 130 Å². The van der Waals surface area contributed by atoms with E-state index < -0.39 is 6.10 Å². The van der Waals surface area contributed by atoms with Crippen molar-refractivity contribution in [3.8, 4) is 0 Å². The molecule has 0 aliphatic rings. The summed E-state index contributed by atoms with van der Waals surface area (Å²) >= 11 is 0. The Morgan fingerprint density at radius 1 is 0.267 bits per heavy atom. The van der Waals surface area contributed by atoms with Crippen LogP contribution in [0.5, 0.6) is 0 Å². The van der Waals surface area contributed by atoms with Gasteiger partial charge in [0, 0.05) is 19.3 Å². The minimum atomic E-state index is -0.803. The molecule has 0 heterocycles. The summed E-state index contributed by atoms with van der Waals surface area (Å²) in [6.45, 7) is 6.53. The lowest BCUT2D eigenvalue weighted by molar-refractivity contribution is -0.167. The average molecular weight is 1040 g/mol. The monoisotopic (exact) mass is 1040 g/mol. The summed E-state index contributed by atoms with van der Waals surface area (Å²) in [4.78, 5) is 38.3. The van der Waals surface area contributed by atoms with Crippen molar-refractivity contribution < 1.29 is 28.6 Å². The molecule has 0 fully saturated rings. The van der Waals surface area contributed by atoms with Crippen LogP contribution in [-0.4, -0.2) is 37.2 Å². The molecule has 75 heavy (non-hydrogen) atoms. The highest BCUT2D eigenvalue weighted by Crippen LogP contribution is 2.15. The Bertz CT molecular complexity index is 1520. The Balaban J connectivity index is 4.49. The topological polar surface area (TPSA) is 78.9 Å². The van der Waals surface area contributed by atoms with Crippen LogP contribution < -0.4 is 0 Å². The highest BCUT2D eigenvalue weighted by molar-refractivity contribution is 5.71. The second kappa shape index (κ2) is 62.6. The third-order valence-electron chi connectivity index (χ3n) is 13.2. The summed E-state index contributed by atoms with van der Waals surface area (Å²) in [7, 11) is 0. The van der Waals surface area contributed by atoms with Gasteiger partial charge in [-0.1, -0.05) is 246 Å². The van der Waals surface area contributed by atoms with Crippen LogP contribution in [0.4, 0.5) is 0 Å². The second-order valence-electron chi connectivity index (χ2n) is 20.6. The summed E-state index contributed by atoms with van der Waals surface area (Å²) in [5.74, 6) is -0.940. The molecule has 0 bridgehead atoms. The molecule has 6 heteroatoms. The number of carbonyl (C=O) groups excluding carboxylic acids is 3. The Hall–Kier alpha value is -3.93. The molecule has 0 aliphatic carbocycles. The molecule has 0 aromatic carbocycles. The summed E-state index contributed by atoms with van der Waals surface area (Å²) in [6.07, 6.45) is 85.0. The first-order chi connectivity index (χ1) is 37.0. The zero-order chi connectivity index (χ0) is 54.3. The molecule has 0 aromatic heterocycles. The molecular weight excluding hydrogens is 925 g/mol. The van der Waals surface area contributed by atoms with Gasteiger partial charge in [-0.3, -0.25) is 14.4 Å². The molecule has 6 nitrogen and oxygen atoms in total. The van der Waals surface area contributed by atoms with E-state index in [0.717, 1.165) is 109 Å². The SMILES string of the molecule is CCCCC/C=C\C/C=C\C/C=C\C/C=C\CCCCCC(=O)OC[C@@H](COC(=O)CCCCCCCC/C=C\C/C=C\C/C=C\CCCCC)OC(=O)CCCCCCCCCCC/C=C\C/C=C\CCCCC. The van der Waals surface area contributed by atoms with Crippen molar-refractivity contribution in [1.82, 2.24) is 0 Å². The van der Waals surface area contributed by atoms with Gasteiger partial charge in [0.1, 0.15) is 13.2 Å². The van der Waals surface area contributed by atoms with Gasteiger partial charge in [0.25, 0.3) is 0 Å². The van der Waals surface area contributed by atoms with Gasteiger partial charge in [-0.2, -0.15) is 0 Å². The van der Waals surface area contributed by atoms with E-state index in [4.69, 9.17) is 14.2 Å². The van der Waals surface area contributed by atoms with Gasteiger partial charge in [-0.15, -0.1) is 0 Å². The lowest BCUT2D eigenvalue weighted by Gasteiger charge is -2.18. The fourth-order valence-corrected chi connectivity index (χ4v) is 8.46. The van der Waals surface area contributed by atoms with Crippen molar-refractivity contribution in [2.24, 2.45) is 0 Å². The largest absolute Gasteiger partial charge is 0.462 e. The van der Waals surface area contributed by atoms with Gasteiger partial charge in [-0.25, -0.2) is 0 Å². The molecule has 0 amide bonds. The number of rotatable bonds is 56. The van der Waals surface area contributed by atoms with Crippen LogP contribution in [0.3, 0.4) is 0 Å². The van der Waals surface area contributed by atoms with Gasteiger partial charge < -0.3 is 14.2 Å². The number of ether oxygens (including phenoxy) is 3. The number of allylic oxidation sites excluding steroid dienone is 18. The van der Waals surface area contributed by atoms with Crippen LogP contribution in [0.2, 0.25) is 0 Å². The zero-order valence-corrected chi connectivity index (χ0v) is 49.0. The zero-order valence-electron chi connectivity index (χ0n) is 49.0. The van der Waals surface area contributed by atoms with E-state index in [1.54, 1.807) is 0 Å². The van der Waals surface area contributed by atoms with Crippen LogP contribution in [0.1, 0.15) is 290 Å². The summed E-state index contributed by atoms with van der Waals surface area (Å²) in [5, 5.41) is 0. The normalized spacial score (nSPS) is 12.8. The maximum Gasteiger partial charge on any atom is 0.306 e. The predicted molar refractivity (Wildman–Crippen MR) is 325 cm³/mol. The summed E-state index contributed by atoms with van der Waals surface area (Å²) < 4.78 is 16.9. The van der Waals surface area contributed by atoms with E-state index in [1.807, 2.05) is 0 Å². The first kappa shape index (κ1) is 71.1. The predicted octanol–water partition coefficient (Wildman–Crippen LogP) is 21.4. The van der Waals surface area contributed by atoms with Gasteiger partial charge in [-0.05, 0) is 135 Å². The second-order valence-corrected chi connectivity index (χ2v) is 20.6. The highest BCUT2D eigenvalue weighted by atomic mass is 16.6. The molecule has 0 spiro atoms. The standard InChI is InChI=1S/C69H116O6/c1-4-7-10-13-16-19-22-25-28-31-34-37-40-43-46-49-52-55-58-61-67(70)73-64-66(75-69(72)63-60-57-54-51-48-45-42-39-36-33-30-27-24-21-18-15-12-9-6-3)65-74-68(71)62-59-56-53-50-47-44-41-38-35-32-29-26-23-20-17-14-11-8-5-2/h16-21,25-30,34-35,37-38,43,46,66H,4-15,22-24,31-33,36,39-42,44-45,47-65H2,1-3H3/b19-16-,20-17-,21-18-,28-25-,29-26-,30-27-,37-34-,38-35-,46-43-/t66-/m0/s1. The molecular formula is C69H116O6. The maximum atomic E-state index is 12.9. The highest BCUT2D eigenvalue weighted by Gasteiger charge is 2.19. The quantitative estimate of drug-likeness (QED) is 0.0261. The van der Waals surface area contributed by atoms with Crippen molar-refractivity contribution >= 4 is 17.9 Å². The van der Waals surface area contributed by atoms with Crippen molar-refractivity contribution in [1.29, 1.82) is 0 Å². The van der Waals surface area contributed by atoms with Crippen LogP contribution in [0.25, 0.3) is 0 Å². The lowest BCUT2D eigenvalue weighted by Crippen LogP contribution is -2.30. The first-order valence-corrected chi connectivity index (χ1v) is 31.4. The fraction of sp³-hybridized carbons (Fsp3) is 0.696. The minimum Gasteiger partial charge on any atom is -0.462 e. The van der Waals surface area contributed by atoms with Crippen LogP contribution >= 0.6 is 0 Å². The molecule has 0 aliphatic heterocycles. The van der Waals surface area contributed by atoms with E-state index in [9.17, 15) is 14.4 Å². The molecule has 0 aromatic rings. The van der Waals surface area contributed by atoms with E-state index in [1.165, 1.54) is 141 Å². The van der Waals surface area contributed by atoms with E-state index in [0.29, 0.717) is 19.3 Å². The third-order valence-corrected chi connectivity index (χ3v) is 13.2. The van der Waals surface area contributed by atoms with Gasteiger partial charge in [0.05, 0.1) is 0 Å². The first-order valence-electron chi connectivity index (χ1n) is 31.4. The Labute approximate surface area is 463 Å². The fourth-order valence-electron chi connectivity index (χ4n) is 8.46. The van der Waals surface area contributed by atoms with Crippen LogP contribution in [-0.2, 0) is 28.6 Å². The minimum absolute atomic E-state index is 0.0980. The number of carbonyl (C=O) groups is 3. The maximum absolute atomic E-state index is 12.9. The summed E-state index contributed by atoms with van der Waals surface area (Å²) in [6, 6.07) is 0. The molecule has 428 valence electrons. The molecule has 0 saturated heterocycles. The molecule has 0 N–H and O–H groups in total. The number of unbranched alkanes of at least 4 members (excludes halogenated alkanes) is 27. The number of esters is 3. The van der Waals surface area contributed by atoms with Gasteiger partial charge in [0.2, 0.25) is 0 Å². The average Bonchev–Trinajstić information content (AvgIpc) is 3.41. The number of hydrogen-bond acceptors (Lipinski definition) is 6. The van der Waals surface area contributed by atoms with Crippen molar-refractivity contribution in [2.45, 2.75) is 297 Å². The van der Waals surface area contributed by atoms with Gasteiger partial charge in [0.15, 0.2) is 6.10 Å². The van der Waals surface area contributed by atoms with Crippen molar-refractivity contribution in [3.63, 3.8) is 0 Å². The van der Waals surface area contributed by atoms with Crippen LogP contribution in [0.15, 0.2) is 109 Å². The smallest absolute Gasteiger partial charge is 0.306 e. The molecule has 0 radical (unpaired) electrons. The molecule has 1 atom stereocenters. The Kier molecular flexibility index (Phi) is 59.3. The Morgan fingerprint density at radius 2 is 0.480 bits per heavy atom. The van der Waals surface area contributed by atoms with Crippen molar-refractivity contribution in [2.75, 3.05) is 13.2 Å². The molecule has 0 rings (SSSR count). The van der Waals surface area contributed by atoms with Gasteiger partial charge >= 0.3 is 17.9 Å². The lowest BCUT2D eigenvalue weighted by atomic mass is 10.1. The van der Waals surface area contributed by atoms with Crippen molar-refractivity contribution in [3.05, 3.63) is 109 Å². The van der Waals surface area contributed by atoms with E-state index in [-0.39, 0.29) is 31.1 Å². The molecule has 0 saturated carbocycles. The van der Waals surface area contributed by atoms with Crippen LogP contribution in [0, 0.1) is 0 Å².